The Kier molecular flexibility index (Phi) is 6.57. The Bertz CT molecular complexity index is 921. The summed E-state index contributed by atoms with van der Waals surface area (Å²) in [4.78, 5) is 24.2. The number of sulfonamides is 1. The van der Waals surface area contributed by atoms with Crippen LogP contribution in [0.2, 0.25) is 0 Å². The lowest BCUT2D eigenvalue weighted by atomic mass is 10.2. The summed E-state index contributed by atoms with van der Waals surface area (Å²) < 4.78 is 36.9. The summed E-state index contributed by atoms with van der Waals surface area (Å²) in [5.41, 5.74) is 0.957. The van der Waals surface area contributed by atoms with Crippen molar-refractivity contribution >= 4 is 27.6 Å². The van der Waals surface area contributed by atoms with E-state index in [-0.39, 0.29) is 22.8 Å². The molecule has 27 heavy (non-hydrogen) atoms. The number of nitrogens with zero attached hydrogens (tertiary/aromatic N) is 1. The van der Waals surface area contributed by atoms with Gasteiger partial charge < -0.3 is 9.47 Å². The van der Waals surface area contributed by atoms with E-state index in [4.69, 9.17) is 9.47 Å². The first-order chi connectivity index (χ1) is 12.8. The summed E-state index contributed by atoms with van der Waals surface area (Å²) in [6.45, 7) is 2.99. The Balaban J connectivity index is 2.61. The molecule has 144 valence electrons. The molecule has 0 saturated carbocycles. The number of aryl methyl sites for hydroxylation is 1. The first kappa shape index (κ1) is 20.4. The van der Waals surface area contributed by atoms with Crippen molar-refractivity contribution in [2.45, 2.75) is 18.7 Å². The molecule has 2 rings (SSSR count). The van der Waals surface area contributed by atoms with E-state index in [9.17, 15) is 18.0 Å². The molecular weight excluding hydrogens is 370 g/mol. The lowest BCUT2D eigenvalue weighted by molar-refractivity contribution is -0.141. The number of benzene rings is 2. The van der Waals surface area contributed by atoms with Gasteiger partial charge in [0.2, 0.25) is 0 Å². The molecule has 0 heterocycles. The fraction of sp³-hybridized carbons (Fsp3) is 0.263. The van der Waals surface area contributed by atoms with Crippen molar-refractivity contribution in [1.82, 2.24) is 0 Å². The SMILES string of the molecule is CCOC(=O)CN(c1ccccc1C(=O)OC)S(=O)(=O)c1ccc(C)cc1. The van der Waals surface area contributed by atoms with Crippen LogP contribution < -0.4 is 4.31 Å². The molecule has 0 aliphatic carbocycles. The Hall–Kier alpha value is -2.87. The Morgan fingerprint density at radius 1 is 1.04 bits per heavy atom. The number of methoxy groups -OCH3 is 1. The zero-order valence-electron chi connectivity index (χ0n) is 15.3. The van der Waals surface area contributed by atoms with Crippen molar-refractivity contribution in [3.63, 3.8) is 0 Å². The predicted molar refractivity (Wildman–Crippen MR) is 100 cm³/mol. The van der Waals surface area contributed by atoms with E-state index < -0.39 is 28.5 Å². The van der Waals surface area contributed by atoms with Crippen LogP contribution in [0.5, 0.6) is 0 Å². The molecule has 0 aliphatic heterocycles. The van der Waals surface area contributed by atoms with Gasteiger partial charge in [0, 0.05) is 0 Å². The van der Waals surface area contributed by atoms with Crippen molar-refractivity contribution in [3.8, 4) is 0 Å². The van der Waals surface area contributed by atoms with Gasteiger partial charge in [0.15, 0.2) is 0 Å². The van der Waals surface area contributed by atoms with Crippen molar-refractivity contribution in [2.75, 3.05) is 24.6 Å². The second-order valence-electron chi connectivity index (χ2n) is 5.64. The van der Waals surface area contributed by atoms with E-state index in [0.29, 0.717) is 0 Å². The number of anilines is 1. The van der Waals surface area contributed by atoms with Crippen molar-refractivity contribution in [3.05, 3.63) is 59.7 Å². The summed E-state index contributed by atoms with van der Waals surface area (Å²) in [6, 6.07) is 12.2. The normalized spacial score (nSPS) is 10.9. The first-order valence-electron chi connectivity index (χ1n) is 8.23. The Morgan fingerprint density at radius 2 is 1.67 bits per heavy atom. The molecule has 0 atom stereocenters. The zero-order chi connectivity index (χ0) is 20.0. The number of ether oxygens (including phenoxy) is 2. The van der Waals surface area contributed by atoms with Gasteiger partial charge in [-0.2, -0.15) is 0 Å². The van der Waals surface area contributed by atoms with Crippen molar-refractivity contribution in [1.29, 1.82) is 0 Å². The molecule has 0 saturated heterocycles. The average Bonchev–Trinajstić information content (AvgIpc) is 2.66. The molecular formula is C19H21NO6S. The average molecular weight is 391 g/mol. The fourth-order valence-corrected chi connectivity index (χ4v) is 3.86. The van der Waals surface area contributed by atoms with E-state index in [1.807, 2.05) is 6.92 Å². The molecule has 0 fully saturated rings. The van der Waals surface area contributed by atoms with Crippen LogP contribution in [0.15, 0.2) is 53.4 Å². The van der Waals surface area contributed by atoms with Gasteiger partial charge in [0.1, 0.15) is 6.54 Å². The van der Waals surface area contributed by atoms with Gasteiger partial charge in [-0.25, -0.2) is 13.2 Å². The molecule has 0 bridgehead atoms. The van der Waals surface area contributed by atoms with Gasteiger partial charge in [-0.05, 0) is 38.1 Å². The van der Waals surface area contributed by atoms with Gasteiger partial charge in [0.25, 0.3) is 10.0 Å². The molecule has 0 unspecified atom stereocenters. The summed E-state index contributed by atoms with van der Waals surface area (Å²) in [7, 11) is -2.93. The molecule has 0 spiro atoms. The third-order valence-corrected chi connectivity index (χ3v) is 5.54. The number of carbonyl (C=O) groups is 2. The number of hydrogen-bond donors (Lipinski definition) is 0. The largest absolute Gasteiger partial charge is 0.465 e. The maximum Gasteiger partial charge on any atom is 0.340 e. The molecule has 2 aromatic carbocycles. The highest BCUT2D eigenvalue weighted by Crippen LogP contribution is 2.28. The molecule has 0 N–H and O–H groups in total. The number of hydrogen-bond acceptors (Lipinski definition) is 6. The number of para-hydroxylation sites is 1. The summed E-state index contributed by atoms with van der Waals surface area (Å²) >= 11 is 0. The molecule has 0 radical (unpaired) electrons. The van der Waals surface area contributed by atoms with Crippen LogP contribution >= 0.6 is 0 Å². The summed E-state index contributed by atoms with van der Waals surface area (Å²) in [5.74, 6) is -1.44. The predicted octanol–water partition coefficient (Wildman–Crippen LogP) is 2.54. The quantitative estimate of drug-likeness (QED) is 0.674. The maximum atomic E-state index is 13.2. The second-order valence-corrected chi connectivity index (χ2v) is 7.50. The van der Waals surface area contributed by atoms with E-state index in [1.165, 1.54) is 31.4 Å². The van der Waals surface area contributed by atoms with Crippen LogP contribution in [0.3, 0.4) is 0 Å². The van der Waals surface area contributed by atoms with Crippen LogP contribution in [0.4, 0.5) is 5.69 Å². The molecule has 0 aliphatic rings. The first-order valence-corrected chi connectivity index (χ1v) is 9.67. The van der Waals surface area contributed by atoms with Crippen molar-refractivity contribution in [2.24, 2.45) is 0 Å². The van der Waals surface area contributed by atoms with Crippen molar-refractivity contribution < 1.29 is 27.5 Å². The minimum Gasteiger partial charge on any atom is -0.465 e. The van der Waals surface area contributed by atoms with Crippen LogP contribution in [-0.2, 0) is 24.3 Å². The van der Waals surface area contributed by atoms with Gasteiger partial charge in [-0.3, -0.25) is 9.10 Å². The van der Waals surface area contributed by atoms with E-state index in [2.05, 4.69) is 0 Å². The highest BCUT2D eigenvalue weighted by Gasteiger charge is 2.30. The van der Waals surface area contributed by atoms with E-state index in [1.54, 1.807) is 31.2 Å². The van der Waals surface area contributed by atoms with Gasteiger partial charge in [-0.1, -0.05) is 29.8 Å². The Morgan fingerprint density at radius 3 is 2.26 bits per heavy atom. The fourth-order valence-electron chi connectivity index (χ4n) is 2.43. The number of esters is 2. The van der Waals surface area contributed by atoms with E-state index in [0.717, 1.165) is 9.87 Å². The van der Waals surface area contributed by atoms with Gasteiger partial charge in [0.05, 0.1) is 29.9 Å². The van der Waals surface area contributed by atoms with E-state index >= 15 is 0 Å². The number of rotatable bonds is 7. The smallest absolute Gasteiger partial charge is 0.340 e. The van der Waals surface area contributed by atoms with Crippen LogP contribution in [-0.4, -0.2) is 40.6 Å². The Labute approximate surface area is 158 Å². The van der Waals surface area contributed by atoms with Crippen LogP contribution in [0.25, 0.3) is 0 Å². The summed E-state index contributed by atoms with van der Waals surface area (Å²) in [5, 5.41) is 0. The maximum absolute atomic E-state index is 13.2. The third kappa shape index (κ3) is 4.65. The molecule has 0 amide bonds. The minimum atomic E-state index is -4.12. The highest BCUT2D eigenvalue weighted by atomic mass is 32.2. The monoisotopic (exact) mass is 391 g/mol. The topological polar surface area (TPSA) is 90.0 Å². The number of carbonyl (C=O) groups excluding carboxylic acids is 2. The molecule has 2 aromatic rings. The van der Waals surface area contributed by atoms with Gasteiger partial charge in [-0.15, -0.1) is 0 Å². The van der Waals surface area contributed by atoms with Gasteiger partial charge >= 0.3 is 11.9 Å². The van der Waals surface area contributed by atoms with Crippen LogP contribution in [0, 0.1) is 6.92 Å². The summed E-state index contributed by atoms with van der Waals surface area (Å²) in [6.07, 6.45) is 0. The third-order valence-electron chi connectivity index (χ3n) is 3.77. The second kappa shape index (κ2) is 8.68. The lowest BCUT2D eigenvalue weighted by Crippen LogP contribution is -2.37. The standard InChI is InChI=1S/C19H21NO6S/c1-4-26-18(21)13-20(17-8-6-5-7-16(17)19(22)25-3)27(23,24)15-11-9-14(2)10-12-15/h5-12H,4,13H2,1-3H3. The van der Waals surface area contributed by atoms with Crippen LogP contribution in [0.1, 0.15) is 22.8 Å². The molecule has 0 aromatic heterocycles. The highest BCUT2D eigenvalue weighted by molar-refractivity contribution is 7.92. The zero-order valence-corrected chi connectivity index (χ0v) is 16.2. The minimum absolute atomic E-state index is 0.00272. The molecule has 7 nitrogen and oxygen atoms in total. The lowest BCUT2D eigenvalue weighted by Gasteiger charge is -2.25. The molecule has 8 heteroatoms.